The number of aryl methyl sites for hydroxylation is 2. The van der Waals surface area contributed by atoms with Crippen molar-refractivity contribution in [3.05, 3.63) is 70.8 Å². The average Bonchev–Trinajstić information content (AvgIpc) is 2.76. The Bertz CT molecular complexity index is 893. The molecule has 0 saturated carbocycles. The zero-order chi connectivity index (χ0) is 24.6. The van der Waals surface area contributed by atoms with E-state index in [2.05, 4.69) is 76.3 Å². The number of carbonyl (C=O) groups is 2. The van der Waals surface area contributed by atoms with Crippen LogP contribution in [0.3, 0.4) is 0 Å². The molecule has 1 unspecified atom stereocenters. The van der Waals surface area contributed by atoms with Crippen LogP contribution in [-0.2, 0) is 28.0 Å². The minimum absolute atomic E-state index is 0.0158. The highest BCUT2D eigenvalue weighted by Crippen LogP contribution is 2.23. The molecular weight excluding hydrogens is 408 g/mol. The van der Waals surface area contributed by atoms with Crippen LogP contribution in [0.25, 0.3) is 0 Å². The van der Waals surface area contributed by atoms with Crippen LogP contribution in [0, 0.1) is 12.8 Å². The average molecular weight is 451 g/mol. The third-order valence-corrected chi connectivity index (χ3v) is 5.99. The first-order chi connectivity index (χ1) is 15.5. The number of nitrogens with one attached hydrogen (secondary N) is 1. The van der Waals surface area contributed by atoms with Gasteiger partial charge in [-0.2, -0.15) is 0 Å². The van der Waals surface area contributed by atoms with Crippen LogP contribution in [0.5, 0.6) is 0 Å². The number of hydrogen-bond acceptors (Lipinski definition) is 2. The van der Waals surface area contributed by atoms with Crippen molar-refractivity contribution < 1.29 is 9.59 Å². The fraction of sp³-hybridized carbons (Fsp3) is 0.517. The van der Waals surface area contributed by atoms with Gasteiger partial charge in [0.25, 0.3) is 0 Å². The van der Waals surface area contributed by atoms with Crippen LogP contribution in [0.1, 0.15) is 76.6 Å². The van der Waals surface area contributed by atoms with Crippen LogP contribution >= 0.6 is 0 Å². The summed E-state index contributed by atoms with van der Waals surface area (Å²) in [6.45, 7) is 15.8. The van der Waals surface area contributed by atoms with Gasteiger partial charge in [-0.25, -0.2) is 0 Å². The molecule has 1 N–H and O–H groups in total. The molecule has 2 amide bonds. The van der Waals surface area contributed by atoms with Crippen molar-refractivity contribution in [1.82, 2.24) is 10.2 Å². The molecule has 180 valence electrons. The first kappa shape index (κ1) is 26.6. The summed E-state index contributed by atoms with van der Waals surface area (Å²) in [6.07, 6.45) is 1.63. The summed E-state index contributed by atoms with van der Waals surface area (Å²) < 4.78 is 0. The van der Waals surface area contributed by atoms with E-state index in [0.29, 0.717) is 38.3 Å². The summed E-state index contributed by atoms with van der Waals surface area (Å²) in [7, 11) is 0. The van der Waals surface area contributed by atoms with Crippen LogP contribution in [0.4, 0.5) is 0 Å². The lowest BCUT2D eigenvalue weighted by molar-refractivity contribution is -0.141. The van der Waals surface area contributed by atoms with E-state index in [-0.39, 0.29) is 17.2 Å². The van der Waals surface area contributed by atoms with E-state index in [1.54, 1.807) is 4.90 Å². The summed E-state index contributed by atoms with van der Waals surface area (Å²) in [5.74, 6) is 0.312. The van der Waals surface area contributed by atoms with Crippen LogP contribution < -0.4 is 5.32 Å². The first-order valence-electron chi connectivity index (χ1n) is 12.2. The number of hydrogen-bond donors (Lipinski definition) is 1. The molecule has 0 bridgehead atoms. The summed E-state index contributed by atoms with van der Waals surface area (Å²) in [5.41, 5.74) is 4.75. The van der Waals surface area contributed by atoms with Gasteiger partial charge in [-0.05, 0) is 47.8 Å². The number of benzene rings is 2. The second kappa shape index (κ2) is 12.0. The molecular formula is C29H42N2O2. The van der Waals surface area contributed by atoms with E-state index in [1.165, 1.54) is 11.1 Å². The Balaban J connectivity index is 2.17. The third kappa shape index (κ3) is 8.34. The SMILES string of the molecule is CCC(C(=O)NCC(C)C)N(Cc1ccc(C)cc1)C(=O)CCc1ccc(C(C)(C)C)cc1. The van der Waals surface area contributed by atoms with Gasteiger partial charge in [-0.1, -0.05) is 95.6 Å². The number of rotatable bonds is 10. The fourth-order valence-corrected chi connectivity index (χ4v) is 3.80. The van der Waals surface area contributed by atoms with Crippen molar-refractivity contribution in [3.63, 3.8) is 0 Å². The lowest BCUT2D eigenvalue weighted by Gasteiger charge is -2.31. The van der Waals surface area contributed by atoms with Crippen molar-refractivity contribution in [3.8, 4) is 0 Å². The van der Waals surface area contributed by atoms with E-state index in [9.17, 15) is 9.59 Å². The quantitative estimate of drug-likeness (QED) is 0.497. The normalized spacial score (nSPS) is 12.5. The van der Waals surface area contributed by atoms with Crippen molar-refractivity contribution in [2.45, 2.75) is 85.7 Å². The van der Waals surface area contributed by atoms with E-state index in [0.717, 1.165) is 11.1 Å². The molecule has 0 radical (unpaired) electrons. The molecule has 4 nitrogen and oxygen atoms in total. The first-order valence-corrected chi connectivity index (χ1v) is 12.2. The summed E-state index contributed by atoms with van der Waals surface area (Å²) in [6, 6.07) is 16.2. The molecule has 2 rings (SSSR count). The zero-order valence-electron chi connectivity index (χ0n) is 21.6. The highest BCUT2D eigenvalue weighted by molar-refractivity contribution is 5.87. The molecule has 0 aliphatic heterocycles. The number of nitrogens with zero attached hydrogens (tertiary/aromatic N) is 1. The van der Waals surface area contributed by atoms with Gasteiger partial charge in [0.05, 0.1) is 0 Å². The van der Waals surface area contributed by atoms with Crippen molar-refractivity contribution in [1.29, 1.82) is 0 Å². The lowest BCUT2D eigenvalue weighted by atomic mass is 9.86. The molecule has 2 aromatic rings. The molecule has 0 spiro atoms. The van der Waals surface area contributed by atoms with E-state index in [1.807, 2.05) is 26.0 Å². The maximum atomic E-state index is 13.4. The molecule has 0 aliphatic rings. The Kier molecular flexibility index (Phi) is 9.70. The van der Waals surface area contributed by atoms with Crippen molar-refractivity contribution >= 4 is 11.8 Å². The summed E-state index contributed by atoms with van der Waals surface area (Å²) >= 11 is 0. The molecule has 1 atom stereocenters. The lowest BCUT2D eigenvalue weighted by Crippen LogP contribution is -2.49. The Hall–Kier alpha value is -2.62. The molecule has 0 aromatic heterocycles. The highest BCUT2D eigenvalue weighted by Gasteiger charge is 2.28. The Morgan fingerprint density at radius 2 is 1.52 bits per heavy atom. The van der Waals surface area contributed by atoms with Gasteiger partial charge < -0.3 is 10.2 Å². The second-order valence-electron chi connectivity index (χ2n) is 10.5. The molecule has 0 fully saturated rings. The zero-order valence-corrected chi connectivity index (χ0v) is 21.6. The predicted molar refractivity (Wildman–Crippen MR) is 137 cm³/mol. The maximum Gasteiger partial charge on any atom is 0.242 e. The molecule has 33 heavy (non-hydrogen) atoms. The van der Waals surface area contributed by atoms with E-state index >= 15 is 0 Å². The van der Waals surface area contributed by atoms with Gasteiger partial charge in [0.1, 0.15) is 6.04 Å². The van der Waals surface area contributed by atoms with Crippen molar-refractivity contribution in [2.75, 3.05) is 6.54 Å². The molecule has 4 heteroatoms. The van der Waals surface area contributed by atoms with E-state index < -0.39 is 6.04 Å². The van der Waals surface area contributed by atoms with Gasteiger partial charge in [0.2, 0.25) is 11.8 Å². The van der Waals surface area contributed by atoms with Gasteiger partial charge in [-0.3, -0.25) is 9.59 Å². The van der Waals surface area contributed by atoms with Crippen LogP contribution in [0.2, 0.25) is 0 Å². The summed E-state index contributed by atoms with van der Waals surface area (Å²) in [5, 5.41) is 3.02. The van der Waals surface area contributed by atoms with Crippen LogP contribution in [-0.4, -0.2) is 29.3 Å². The van der Waals surface area contributed by atoms with E-state index in [4.69, 9.17) is 0 Å². The molecule has 0 aliphatic carbocycles. The Morgan fingerprint density at radius 1 is 0.939 bits per heavy atom. The third-order valence-electron chi connectivity index (χ3n) is 5.99. The van der Waals surface area contributed by atoms with Gasteiger partial charge in [-0.15, -0.1) is 0 Å². The van der Waals surface area contributed by atoms with Gasteiger partial charge >= 0.3 is 0 Å². The topological polar surface area (TPSA) is 49.4 Å². The predicted octanol–water partition coefficient (Wildman–Crippen LogP) is 5.80. The number of carbonyl (C=O) groups excluding carboxylic acids is 2. The van der Waals surface area contributed by atoms with Gasteiger partial charge in [0, 0.05) is 19.5 Å². The molecule has 0 saturated heterocycles. The summed E-state index contributed by atoms with van der Waals surface area (Å²) in [4.78, 5) is 28.1. The fourth-order valence-electron chi connectivity index (χ4n) is 3.80. The van der Waals surface area contributed by atoms with Crippen molar-refractivity contribution in [2.24, 2.45) is 5.92 Å². The highest BCUT2D eigenvalue weighted by atomic mass is 16.2. The monoisotopic (exact) mass is 450 g/mol. The molecule has 0 heterocycles. The number of amides is 2. The maximum absolute atomic E-state index is 13.4. The Morgan fingerprint density at radius 3 is 2.03 bits per heavy atom. The Labute approximate surface area is 200 Å². The standard InChI is InChI=1S/C29H42N2O2/c1-8-26(28(33)30-19-21(2)3)31(20-24-11-9-22(4)10-12-24)27(32)18-15-23-13-16-25(17-14-23)29(5,6)7/h9-14,16-17,21,26H,8,15,18-20H2,1-7H3,(H,30,33). The van der Waals surface area contributed by atoms with Gasteiger partial charge in [0.15, 0.2) is 0 Å². The second-order valence-corrected chi connectivity index (χ2v) is 10.5. The molecule has 2 aromatic carbocycles. The minimum atomic E-state index is -0.471. The largest absolute Gasteiger partial charge is 0.354 e. The minimum Gasteiger partial charge on any atom is -0.354 e. The smallest absolute Gasteiger partial charge is 0.242 e. The van der Waals surface area contributed by atoms with Crippen LogP contribution in [0.15, 0.2) is 48.5 Å².